The number of unbranched alkanes of at least 4 members (excludes halogenated alkanes) is 13. The molecule has 0 rings (SSSR count). The Morgan fingerprint density at radius 1 is 0.607 bits per heavy atom. The van der Waals surface area contributed by atoms with Crippen molar-refractivity contribution in [2.24, 2.45) is 5.92 Å². The fraction of sp³-hybridized carbons (Fsp3) is 0.800. The van der Waals surface area contributed by atoms with E-state index in [1.807, 2.05) is 18.2 Å². The Morgan fingerprint density at radius 3 is 1.70 bits per heavy atom. The van der Waals surface area contributed by atoms with Crippen LogP contribution in [0.5, 0.6) is 0 Å². The number of rotatable bonds is 38. The summed E-state index contributed by atoms with van der Waals surface area (Å²) < 4.78 is 47.6. The molecule has 0 amide bonds. The van der Waals surface area contributed by atoms with Gasteiger partial charge in [-0.25, -0.2) is 9.13 Å². The predicted molar refractivity (Wildman–Crippen MR) is 217 cm³/mol. The second-order valence-corrected chi connectivity index (χ2v) is 17.3. The number of esters is 2. The normalized spacial score (nSPS) is 15.2. The topological polar surface area (TPSA) is 216 Å². The van der Waals surface area contributed by atoms with E-state index >= 15 is 0 Å². The van der Waals surface area contributed by atoms with E-state index in [2.05, 4.69) is 42.0 Å². The van der Waals surface area contributed by atoms with Crippen LogP contribution in [0, 0.1) is 5.92 Å². The summed E-state index contributed by atoms with van der Waals surface area (Å²) in [4.78, 5) is 52.6. The van der Waals surface area contributed by atoms with Gasteiger partial charge in [0.05, 0.1) is 25.9 Å². The lowest BCUT2D eigenvalue weighted by Crippen LogP contribution is -2.30. The molecule has 0 heterocycles. The highest BCUT2D eigenvalue weighted by molar-refractivity contribution is 7.47. The maximum atomic E-state index is 12.6. The summed E-state index contributed by atoms with van der Waals surface area (Å²) in [6.07, 6.45) is 27.5. The fourth-order valence-electron chi connectivity index (χ4n) is 5.42. The number of allylic oxidation sites excluding steroid dienone is 5. The molecular formula is C40H74O14P2. The molecule has 0 radical (unpaired) electrons. The lowest BCUT2D eigenvalue weighted by Gasteiger charge is -2.20. The number of aliphatic hydroxyl groups excluding tert-OH is 2. The van der Waals surface area contributed by atoms with E-state index in [-0.39, 0.29) is 12.8 Å². The molecule has 0 saturated carbocycles. The second-order valence-electron chi connectivity index (χ2n) is 14.6. The minimum atomic E-state index is -4.87. The fourth-order valence-corrected chi connectivity index (χ4v) is 6.58. The number of carbonyl (C=O) groups is 2. The predicted octanol–water partition coefficient (Wildman–Crippen LogP) is 8.94. The smallest absolute Gasteiger partial charge is 0.462 e. The minimum absolute atomic E-state index is 0.112. The van der Waals surface area contributed by atoms with E-state index in [0.717, 1.165) is 70.1 Å². The quantitative estimate of drug-likeness (QED) is 0.0129. The van der Waals surface area contributed by atoms with Gasteiger partial charge >= 0.3 is 27.6 Å². The van der Waals surface area contributed by atoms with E-state index in [1.54, 1.807) is 6.08 Å². The molecule has 14 nitrogen and oxygen atoms in total. The van der Waals surface area contributed by atoms with E-state index in [9.17, 15) is 33.8 Å². The van der Waals surface area contributed by atoms with Crippen LogP contribution in [0.15, 0.2) is 36.5 Å². The van der Waals surface area contributed by atoms with Crippen molar-refractivity contribution in [3.05, 3.63) is 36.5 Å². The maximum Gasteiger partial charge on any atom is 0.472 e. The van der Waals surface area contributed by atoms with Crippen LogP contribution in [0.3, 0.4) is 0 Å². The highest BCUT2D eigenvalue weighted by Crippen LogP contribution is 2.43. The van der Waals surface area contributed by atoms with E-state index in [1.165, 1.54) is 38.5 Å². The minimum Gasteiger partial charge on any atom is -0.462 e. The second kappa shape index (κ2) is 35.3. The van der Waals surface area contributed by atoms with Gasteiger partial charge in [0.15, 0.2) is 6.10 Å². The Kier molecular flexibility index (Phi) is 34.2. The van der Waals surface area contributed by atoms with Crippen LogP contribution >= 0.6 is 15.6 Å². The van der Waals surface area contributed by atoms with Crippen molar-refractivity contribution in [2.75, 3.05) is 26.4 Å². The van der Waals surface area contributed by atoms with Gasteiger partial charge in [-0.3, -0.25) is 23.2 Å². The van der Waals surface area contributed by atoms with Gasteiger partial charge in [0.2, 0.25) is 0 Å². The zero-order chi connectivity index (χ0) is 41.9. The zero-order valence-corrected chi connectivity index (χ0v) is 36.0. The van der Waals surface area contributed by atoms with Crippen LogP contribution in [0.1, 0.15) is 156 Å². The van der Waals surface area contributed by atoms with Crippen LogP contribution in [-0.2, 0) is 41.8 Å². The molecule has 2 unspecified atom stereocenters. The third-order valence-corrected chi connectivity index (χ3v) is 10.0. The molecule has 0 saturated heterocycles. The molecule has 56 heavy (non-hydrogen) atoms. The van der Waals surface area contributed by atoms with E-state index in [4.69, 9.17) is 23.8 Å². The Morgan fingerprint density at radius 2 is 1.12 bits per heavy atom. The first kappa shape index (κ1) is 54.3. The number of carbonyl (C=O) groups excluding carboxylic acids is 2. The van der Waals surface area contributed by atoms with Crippen molar-refractivity contribution < 1.29 is 66.7 Å². The average Bonchev–Trinajstić information content (AvgIpc) is 3.13. The molecule has 0 aromatic rings. The molecule has 5 N–H and O–H groups in total. The van der Waals surface area contributed by atoms with Crippen LogP contribution in [0.25, 0.3) is 0 Å². The van der Waals surface area contributed by atoms with Gasteiger partial charge < -0.3 is 34.4 Å². The lowest BCUT2D eigenvalue weighted by molar-refractivity contribution is -0.161. The standard InChI is InChI=1S/C40H74O14P2/c1-4-5-6-7-12-17-22-27-36(41)28-23-18-15-20-24-29-39(43)50-33-38(34-53-56(48,49)52-32-37(42)31-51-55(45,46)47)54-40(44)30-25-19-14-11-9-8-10-13-16-21-26-35(2)3/h5-6,12,17,22,27,35-38,41-42H,4,7-11,13-16,18-21,23-26,28-34H2,1-3H3,(H,48,49)(H2,45,46,47)/b6-5+,17-12+,27-22+/t36?,37-,38+/m0/s1. The number of phosphoric acid groups is 2. The van der Waals surface area contributed by atoms with Crippen molar-refractivity contribution >= 4 is 27.6 Å². The summed E-state index contributed by atoms with van der Waals surface area (Å²) in [5.41, 5.74) is 0. The molecular weight excluding hydrogens is 766 g/mol. The SMILES string of the molecule is CC/C=C/C/C=C/C=C/C(O)CCCCCCCC(=O)OC[C@H](COP(=O)(O)OC[C@@H](O)COP(=O)(O)O)OC(=O)CCCCCCCCCCCCC(C)C. The van der Waals surface area contributed by atoms with Gasteiger partial charge in [-0.15, -0.1) is 0 Å². The summed E-state index contributed by atoms with van der Waals surface area (Å²) in [6.45, 7) is 3.80. The number of ether oxygens (including phenoxy) is 2. The lowest BCUT2D eigenvalue weighted by atomic mass is 10.0. The molecule has 4 atom stereocenters. The maximum absolute atomic E-state index is 12.6. The number of hydrogen-bond acceptors (Lipinski definition) is 11. The molecule has 0 aromatic carbocycles. The first-order chi connectivity index (χ1) is 26.6. The third kappa shape index (κ3) is 39.1. The van der Waals surface area contributed by atoms with Crippen LogP contribution in [0.4, 0.5) is 0 Å². The molecule has 0 aliphatic heterocycles. The summed E-state index contributed by atoms with van der Waals surface area (Å²) in [5.74, 6) is -0.347. The molecule has 0 spiro atoms. The molecule has 0 aromatic heterocycles. The average molecular weight is 841 g/mol. The molecule has 0 fully saturated rings. The number of aliphatic hydroxyl groups is 2. The highest BCUT2D eigenvalue weighted by atomic mass is 31.2. The molecule has 0 aliphatic carbocycles. The Balaban J connectivity index is 4.62. The summed E-state index contributed by atoms with van der Waals surface area (Å²) in [5, 5.41) is 19.8. The number of phosphoric ester groups is 2. The van der Waals surface area contributed by atoms with Crippen LogP contribution in [-0.4, -0.2) is 81.6 Å². The third-order valence-electron chi connectivity index (χ3n) is 8.57. The van der Waals surface area contributed by atoms with Gasteiger partial charge in [-0.2, -0.15) is 0 Å². The van der Waals surface area contributed by atoms with Gasteiger partial charge in [-0.05, 0) is 38.0 Å². The Labute approximate surface area is 336 Å². The van der Waals surface area contributed by atoms with Gasteiger partial charge in [0.1, 0.15) is 12.7 Å². The van der Waals surface area contributed by atoms with E-state index in [0.29, 0.717) is 19.3 Å². The Hall–Kier alpha value is -1.70. The van der Waals surface area contributed by atoms with Crippen molar-refractivity contribution in [1.29, 1.82) is 0 Å². The van der Waals surface area contributed by atoms with Gasteiger partial charge in [0.25, 0.3) is 0 Å². The zero-order valence-electron chi connectivity index (χ0n) is 34.3. The molecule has 328 valence electrons. The summed E-state index contributed by atoms with van der Waals surface area (Å²) in [7, 11) is -9.69. The summed E-state index contributed by atoms with van der Waals surface area (Å²) in [6, 6.07) is 0. The largest absolute Gasteiger partial charge is 0.472 e. The molecule has 0 bridgehead atoms. The highest BCUT2D eigenvalue weighted by Gasteiger charge is 2.28. The first-order valence-corrected chi connectivity index (χ1v) is 23.7. The molecule has 0 aliphatic rings. The van der Waals surface area contributed by atoms with E-state index < -0.39 is 72.3 Å². The Bertz CT molecular complexity index is 1170. The van der Waals surface area contributed by atoms with Crippen LogP contribution in [0.2, 0.25) is 0 Å². The first-order valence-electron chi connectivity index (χ1n) is 20.6. The van der Waals surface area contributed by atoms with Gasteiger partial charge in [-0.1, -0.05) is 147 Å². The molecule has 16 heteroatoms. The summed E-state index contributed by atoms with van der Waals surface area (Å²) >= 11 is 0. The van der Waals surface area contributed by atoms with Crippen molar-refractivity contribution in [3.63, 3.8) is 0 Å². The van der Waals surface area contributed by atoms with Gasteiger partial charge in [0, 0.05) is 12.8 Å². The number of hydrogen-bond donors (Lipinski definition) is 5. The van der Waals surface area contributed by atoms with Crippen LogP contribution < -0.4 is 0 Å². The van der Waals surface area contributed by atoms with Crippen molar-refractivity contribution in [1.82, 2.24) is 0 Å². The van der Waals surface area contributed by atoms with Crippen molar-refractivity contribution in [2.45, 2.75) is 174 Å². The van der Waals surface area contributed by atoms with Crippen molar-refractivity contribution in [3.8, 4) is 0 Å². The monoisotopic (exact) mass is 840 g/mol.